The van der Waals surface area contributed by atoms with Crippen LogP contribution < -0.4 is 20.5 Å². The zero-order valence-corrected chi connectivity index (χ0v) is 14.7. The van der Waals surface area contributed by atoms with Crippen molar-refractivity contribution in [1.82, 2.24) is 25.0 Å². The van der Waals surface area contributed by atoms with Gasteiger partial charge in [0.25, 0.3) is 0 Å². The molecule has 0 aliphatic rings. The standard InChI is InChI=1S/C18H17N7O2/c1-26-11-7-8-13(15(9-11)27-2)22-17-16(19)18(21-10-20-17)25-14-6-4-3-5-12(14)23-24-25/h3-10H,19H2,1-2H3,(H,20,21,22). The van der Waals surface area contributed by atoms with Gasteiger partial charge in [0.05, 0.1) is 25.4 Å². The molecule has 4 rings (SSSR count). The average molecular weight is 363 g/mol. The maximum Gasteiger partial charge on any atom is 0.184 e. The van der Waals surface area contributed by atoms with Gasteiger partial charge >= 0.3 is 0 Å². The van der Waals surface area contributed by atoms with Crippen molar-refractivity contribution in [2.75, 3.05) is 25.3 Å². The summed E-state index contributed by atoms with van der Waals surface area (Å²) < 4.78 is 12.2. The molecule has 0 fully saturated rings. The Hall–Kier alpha value is -3.88. The third-order valence-corrected chi connectivity index (χ3v) is 4.08. The Balaban J connectivity index is 1.75. The van der Waals surface area contributed by atoms with Crippen molar-refractivity contribution in [3.8, 4) is 17.3 Å². The number of benzene rings is 2. The predicted octanol–water partition coefficient (Wildman–Crippen LogP) is 2.55. The van der Waals surface area contributed by atoms with Crippen LogP contribution in [0.2, 0.25) is 0 Å². The van der Waals surface area contributed by atoms with Gasteiger partial charge < -0.3 is 20.5 Å². The topological polar surface area (TPSA) is 113 Å². The molecule has 0 amide bonds. The fourth-order valence-electron chi connectivity index (χ4n) is 2.71. The molecule has 4 aromatic rings. The molecule has 0 bridgehead atoms. The summed E-state index contributed by atoms with van der Waals surface area (Å²) in [5, 5.41) is 11.5. The molecule has 0 atom stereocenters. The molecular weight excluding hydrogens is 346 g/mol. The lowest BCUT2D eigenvalue weighted by molar-refractivity contribution is 0.395. The van der Waals surface area contributed by atoms with Crippen LogP contribution >= 0.6 is 0 Å². The molecule has 0 saturated heterocycles. The van der Waals surface area contributed by atoms with E-state index in [1.807, 2.05) is 36.4 Å². The Bertz CT molecular complexity index is 1110. The number of nitrogens with one attached hydrogen (secondary N) is 1. The molecule has 0 radical (unpaired) electrons. The van der Waals surface area contributed by atoms with Crippen molar-refractivity contribution in [2.45, 2.75) is 0 Å². The number of rotatable bonds is 5. The number of fused-ring (bicyclic) bond motifs is 1. The molecule has 0 aliphatic heterocycles. The number of aromatic nitrogens is 5. The molecule has 27 heavy (non-hydrogen) atoms. The van der Waals surface area contributed by atoms with Crippen LogP contribution in [0.4, 0.5) is 17.2 Å². The van der Waals surface area contributed by atoms with Gasteiger partial charge in [0, 0.05) is 6.07 Å². The summed E-state index contributed by atoms with van der Waals surface area (Å²) in [6, 6.07) is 13.0. The first kappa shape index (κ1) is 16.6. The van der Waals surface area contributed by atoms with Crippen LogP contribution in [0, 0.1) is 0 Å². The van der Waals surface area contributed by atoms with E-state index < -0.39 is 0 Å². The number of nitrogens with zero attached hydrogens (tertiary/aromatic N) is 5. The highest BCUT2D eigenvalue weighted by atomic mass is 16.5. The highest BCUT2D eigenvalue weighted by Crippen LogP contribution is 2.33. The van der Waals surface area contributed by atoms with E-state index in [0.717, 1.165) is 11.0 Å². The molecule has 0 saturated carbocycles. The number of ether oxygens (including phenoxy) is 2. The quantitative estimate of drug-likeness (QED) is 0.556. The van der Waals surface area contributed by atoms with E-state index in [0.29, 0.717) is 34.5 Å². The number of methoxy groups -OCH3 is 2. The van der Waals surface area contributed by atoms with E-state index in [4.69, 9.17) is 15.2 Å². The van der Waals surface area contributed by atoms with Crippen LogP contribution in [0.5, 0.6) is 11.5 Å². The zero-order chi connectivity index (χ0) is 18.8. The fraction of sp³-hybridized carbons (Fsp3) is 0.111. The fourth-order valence-corrected chi connectivity index (χ4v) is 2.71. The van der Waals surface area contributed by atoms with Crippen LogP contribution in [-0.2, 0) is 0 Å². The van der Waals surface area contributed by atoms with Crippen molar-refractivity contribution < 1.29 is 9.47 Å². The van der Waals surface area contributed by atoms with E-state index in [9.17, 15) is 0 Å². The van der Waals surface area contributed by atoms with Gasteiger partial charge in [0.1, 0.15) is 29.0 Å². The molecule has 0 spiro atoms. The van der Waals surface area contributed by atoms with E-state index in [1.165, 1.54) is 6.33 Å². The Morgan fingerprint density at radius 2 is 1.89 bits per heavy atom. The largest absolute Gasteiger partial charge is 0.497 e. The van der Waals surface area contributed by atoms with Crippen LogP contribution in [0.3, 0.4) is 0 Å². The third-order valence-electron chi connectivity index (χ3n) is 4.08. The number of nitrogen functional groups attached to an aromatic ring is 1. The van der Waals surface area contributed by atoms with E-state index in [2.05, 4.69) is 25.6 Å². The van der Waals surface area contributed by atoms with Gasteiger partial charge in [-0.1, -0.05) is 17.3 Å². The molecule has 2 aromatic carbocycles. The molecule has 2 aromatic heterocycles. The lowest BCUT2D eigenvalue weighted by Gasteiger charge is -2.14. The molecule has 2 heterocycles. The minimum atomic E-state index is 0.339. The van der Waals surface area contributed by atoms with Gasteiger partial charge in [0.15, 0.2) is 11.6 Å². The van der Waals surface area contributed by atoms with Gasteiger partial charge in [-0.05, 0) is 24.3 Å². The molecule has 9 nitrogen and oxygen atoms in total. The normalized spacial score (nSPS) is 10.7. The molecule has 3 N–H and O–H groups in total. The molecular formula is C18H17N7O2. The van der Waals surface area contributed by atoms with Crippen LogP contribution in [0.15, 0.2) is 48.8 Å². The number of para-hydroxylation sites is 1. The summed E-state index contributed by atoms with van der Waals surface area (Å²) in [7, 11) is 3.18. The molecule has 0 aliphatic carbocycles. The van der Waals surface area contributed by atoms with Gasteiger partial charge in [-0.15, -0.1) is 5.10 Å². The summed E-state index contributed by atoms with van der Waals surface area (Å²) >= 11 is 0. The number of hydrogen-bond acceptors (Lipinski definition) is 8. The second-order valence-corrected chi connectivity index (χ2v) is 5.64. The second kappa shape index (κ2) is 6.79. The van der Waals surface area contributed by atoms with E-state index in [1.54, 1.807) is 25.0 Å². The van der Waals surface area contributed by atoms with Crippen LogP contribution in [0.1, 0.15) is 0 Å². The van der Waals surface area contributed by atoms with Crippen molar-refractivity contribution in [1.29, 1.82) is 0 Å². The minimum Gasteiger partial charge on any atom is -0.497 e. The number of hydrogen-bond donors (Lipinski definition) is 2. The lowest BCUT2D eigenvalue weighted by atomic mass is 10.2. The molecule has 9 heteroatoms. The van der Waals surface area contributed by atoms with Gasteiger partial charge in [0.2, 0.25) is 0 Å². The smallest absolute Gasteiger partial charge is 0.184 e. The SMILES string of the molecule is COc1ccc(Nc2ncnc(-n3nnc4ccccc43)c2N)c(OC)c1. The van der Waals surface area contributed by atoms with Crippen molar-refractivity contribution >= 4 is 28.2 Å². The first-order valence-electron chi connectivity index (χ1n) is 8.11. The zero-order valence-electron chi connectivity index (χ0n) is 14.7. The average Bonchev–Trinajstić information content (AvgIpc) is 3.14. The van der Waals surface area contributed by atoms with Crippen molar-refractivity contribution in [3.63, 3.8) is 0 Å². The van der Waals surface area contributed by atoms with Crippen LogP contribution in [0.25, 0.3) is 16.9 Å². The maximum absolute atomic E-state index is 6.32. The van der Waals surface area contributed by atoms with E-state index in [-0.39, 0.29) is 0 Å². The summed E-state index contributed by atoms with van der Waals surface area (Å²) in [6.45, 7) is 0. The van der Waals surface area contributed by atoms with Gasteiger partial charge in [-0.25, -0.2) is 9.97 Å². The minimum absolute atomic E-state index is 0.339. The predicted molar refractivity (Wildman–Crippen MR) is 102 cm³/mol. The Labute approximate surface area is 154 Å². The Morgan fingerprint density at radius 1 is 1.04 bits per heavy atom. The van der Waals surface area contributed by atoms with Gasteiger partial charge in [-0.2, -0.15) is 4.68 Å². The molecule has 0 unspecified atom stereocenters. The third kappa shape index (κ3) is 2.95. The van der Waals surface area contributed by atoms with Crippen LogP contribution in [-0.4, -0.2) is 39.2 Å². The summed E-state index contributed by atoms with van der Waals surface area (Å²) in [6.07, 6.45) is 1.42. The molecule has 136 valence electrons. The van der Waals surface area contributed by atoms with Crippen molar-refractivity contribution in [3.05, 3.63) is 48.8 Å². The van der Waals surface area contributed by atoms with E-state index >= 15 is 0 Å². The Kier molecular flexibility index (Phi) is 4.17. The number of nitrogens with two attached hydrogens (primary N) is 1. The first-order chi connectivity index (χ1) is 13.2. The van der Waals surface area contributed by atoms with Crippen molar-refractivity contribution in [2.24, 2.45) is 0 Å². The lowest BCUT2D eigenvalue weighted by Crippen LogP contribution is -2.09. The maximum atomic E-state index is 6.32. The highest BCUT2D eigenvalue weighted by Gasteiger charge is 2.15. The Morgan fingerprint density at radius 3 is 2.70 bits per heavy atom. The monoisotopic (exact) mass is 363 g/mol. The summed E-state index contributed by atoms with van der Waals surface area (Å²) in [4.78, 5) is 8.52. The summed E-state index contributed by atoms with van der Waals surface area (Å²) in [5.74, 6) is 2.15. The first-order valence-corrected chi connectivity index (χ1v) is 8.11. The number of anilines is 3. The van der Waals surface area contributed by atoms with Gasteiger partial charge in [-0.3, -0.25) is 0 Å². The summed E-state index contributed by atoms with van der Waals surface area (Å²) in [5.41, 5.74) is 8.90. The second-order valence-electron chi connectivity index (χ2n) is 5.64. The highest BCUT2D eigenvalue weighted by molar-refractivity contribution is 5.81.